The first-order valence-corrected chi connectivity index (χ1v) is 10.3. The van der Waals surface area contributed by atoms with Crippen molar-refractivity contribution < 1.29 is 14.4 Å². The van der Waals surface area contributed by atoms with Crippen molar-refractivity contribution in [2.45, 2.75) is 45.2 Å². The van der Waals surface area contributed by atoms with Crippen molar-refractivity contribution in [3.63, 3.8) is 0 Å². The van der Waals surface area contributed by atoms with Crippen LogP contribution in [0.15, 0.2) is 29.3 Å². The van der Waals surface area contributed by atoms with Crippen molar-refractivity contribution in [1.82, 2.24) is 4.98 Å². The highest BCUT2D eigenvalue weighted by Crippen LogP contribution is 2.33. The number of nitrogens with two attached hydrogens (primary N) is 1. The van der Waals surface area contributed by atoms with Crippen molar-refractivity contribution in [3.05, 3.63) is 46.6 Å². The Balaban J connectivity index is 1.90. The van der Waals surface area contributed by atoms with Gasteiger partial charge in [-0.1, -0.05) is 23.9 Å². The van der Waals surface area contributed by atoms with Crippen molar-refractivity contribution >= 4 is 40.9 Å². The van der Waals surface area contributed by atoms with E-state index < -0.39 is 5.91 Å². The average Bonchev–Trinajstić information content (AvgIpc) is 2.78. The molecule has 3 N–H and O–H groups in total. The number of nitrogens with zero attached hydrogens (tertiary/aromatic N) is 2. The van der Waals surface area contributed by atoms with E-state index in [9.17, 15) is 14.4 Å². The molecule has 0 fully saturated rings. The average molecular weight is 413 g/mol. The molecule has 0 unspecified atom stereocenters. The number of para-hydroxylation sites is 2. The third-order valence-corrected chi connectivity index (χ3v) is 6.13. The number of fused-ring (bicyclic) bond motifs is 1. The van der Waals surface area contributed by atoms with E-state index in [0.717, 1.165) is 16.8 Å². The monoisotopic (exact) mass is 412 g/mol. The summed E-state index contributed by atoms with van der Waals surface area (Å²) in [5.74, 6) is -0.784. The molecule has 0 saturated carbocycles. The number of hydrogen-bond donors (Lipinski definition) is 2. The van der Waals surface area contributed by atoms with Crippen LogP contribution < -0.4 is 16.0 Å². The lowest BCUT2D eigenvalue weighted by molar-refractivity contribution is -0.117. The molecule has 1 aromatic heterocycles. The number of carbonyl (C=O) groups excluding carboxylic acids is 3. The van der Waals surface area contributed by atoms with Gasteiger partial charge in [0.05, 0.1) is 22.7 Å². The molecular weight excluding hydrogens is 388 g/mol. The number of benzene rings is 1. The van der Waals surface area contributed by atoms with Gasteiger partial charge in [-0.3, -0.25) is 14.4 Å². The van der Waals surface area contributed by atoms with Crippen LogP contribution in [-0.4, -0.2) is 34.5 Å². The van der Waals surface area contributed by atoms with Crippen LogP contribution in [0.2, 0.25) is 0 Å². The van der Waals surface area contributed by atoms with Crippen LogP contribution >= 0.6 is 11.8 Å². The molecule has 0 saturated heterocycles. The molecule has 2 heterocycles. The summed E-state index contributed by atoms with van der Waals surface area (Å²) in [6.07, 6.45) is 0.207. The summed E-state index contributed by atoms with van der Waals surface area (Å²) < 4.78 is 0. The number of thioether (sulfide) groups is 1. The number of nitrogens with one attached hydrogen (secondary N) is 1. The Bertz CT molecular complexity index is 1010. The van der Waals surface area contributed by atoms with Crippen LogP contribution in [0, 0.1) is 20.8 Å². The van der Waals surface area contributed by atoms with Crippen LogP contribution in [0.25, 0.3) is 0 Å². The molecule has 3 rings (SSSR count). The molecule has 3 amide bonds. The highest BCUT2D eigenvalue weighted by molar-refractivity contribution is 8.00. The van der Waals surface area contributed by atoms with Crippen molar-refractivity contribution in [3.8, 4) is 0 Å². The van der Waals surface area contributed by atoms with E-state index in [1.807, 2.05) is 45.9 Å². The lowest BCUT2D eigenvalue weighted by atomic mass is 10.0. The Morgan fingerprint density at radius 2 is 1.93 bits per heavy atom. The Kier molecular flexibility index (Phi) is 5.93. The minimum absolute atomic E-state index is 0.0715. The minimum Gasteiger partial charge on any atom is -0.366 e. The lowest BCUT2D eigenvalue weighted by Crippen LogP contribution is -2.40. The highest BCUT2D eigenvalue weighted by atomic mass is 32.2. The smallest absolute Gasteiger partial charge is 0.251 e. The molecule has 1 atom stereocenters. The predicted octanol–water partition coefficient (Wildman–Crippen LogP) is 2.96. The summed E-state index contributed by atoms with van der Waals surface area (Å²) in [6.45, 7) is 7.44. The van der Waals surface area contributed by atoms with Gasteiger partial charge in [0.25, 0.3) is 5.91 Å². The quantitative estimate of drug-likeness (QED) is 0.751. The lowest BCUT2D eigenvalue weighted by Gasteiger charge is -2.27. The molecule has 1 aliphatic heterocycles. The third kappa shape index (κ3) is 4.12. The van der Waals surface area contributed by atoms with Crippen LogP contribution in [0.3, 0.4) is 0 Å². The standard InChI is InChI=1S/C21H24N4O3S/c1-11-9-17(26)24-15-7-5-6-8-16(15)25(11)18(27)10-29-21-19(20(22)28)13(3)12(2)14(4)23-21/h5-8,11H,9-10H2,1-4H3,(H2,22,28)(H,24,26)/t11-/m0/s1. The molecule has 7 nitrogen and oxygen atoms in total. The van der Waals surface area contributed by atoms with Gasteiger partial charge in [-0.25, -0.2) is 4.98 Å². The van der Waals surface area contributed by atoms with Crippen LogP contribution in [0.4, 0.5) is 11.4 Å². The first-order valence-electron chi connectivity index (χ1n) is 9.32. The molecule has 0 spiro atoms. The van der Waals surface area contributed by atoms with Crippen molar-refractivity contribution in [2.24, 2.45) is 5.73 Å². The maximum Gasteiger partial charge on any atom is 0.251 e. The molecule has 0 bridgehead atoms. The Morgan fingerprint density at radius 1 is 1.24 bits per heavy atom. The fourth-order valence-corrected chi connectivity index (χ4v) is 4.47. The number of anilines is 2. The first kappa shape index (κ1) is 20.9. The summed E-state index contributed by atoms with van der Waals surface area (Å²) in [5.41, 5.74) is 9.69. The molecular formula is C21H24N4O3S. The number of hydrogen-bond acceptors (Lipinski definition) is 5. The number of aromatic nitrogens is 1. The number of primary amides is 1. The molecule has 29 heavy (non-hydrogen) atoms. The molecule has 152 valence electrons. The van der Waals surface area contributed by atoms with Gasteiger partial charge in [0.15, 0.2) is 0 Å². The number of rotatable bonds is 4. The molecule has 0 radical (unpaired) electrons. The van der Waals surface area contributed by atoms with Gasteiger partial charge in [-0.15, -0.1) is 0 Å². The van der Waals surface area contributed by atoms with Crippen molar-refractivity contribution in [1.29, 1.82) is 0 Å². The van der Waals surface area contributed by atoms with Gasteiger partial charge >= 0.3 is 0 Å². The molecule has 0 aliphatic carbocycles. The number of pyridine rings is 1. The van der Waals surface area contributed by atoms with E-state index in [2.05, 4.69) is 10.3 Å². The maximum atomic E-state index is 13.1. The molecule has 8 heteroatoms. The van der Waals surface area contributed by atoms with Gasteiger partial charge in [0, 0.05) is 18.2 Å². The van der Waals surface area contributed by atoms with Gasteiger partial charge in [-0.05, 0) is 51.0 Å². The second kappa shape index (κ2) is 8.24. The summed E-state index contributed by atoms with van der Waals surface area (Å²) in [5, 5.41) is 3.30. The van der Waals surface area contributed by atoms with Crippen LogP contribution in [-0.2, 0) is 9.59 Å². The highest BCUT2D eigenvalue weighted by Gasteiger charge is 2.30. The fraction of sp³-hybridized carbons (Fsp3) is 0.333. The van der Waals surface area contributed by atoms with Gasteiger partial charge in [0.1, 0.15) is 5.03 Å². The van der Waals surface area contributed by atoms with E-state index in [-0.39, 0.29) is 30.0 Å². The Morgan fingerprint density at radius 3 is 2.62 bits per heavy atom. The summed E-state index contributed by atoms with van der Waals surface area (Å²) >= 11 is 1.19. The third-order valence-electron chi connectivity index (χ3n) is 5.17. The summed E-state index contributed by atoms with van der Waals surface area (Å²) in [7, 11) is 0. The number of carbonyl (C=O) groups is 3. The van der Waals surface area contributed by atoms with Crippen molar-refractivity contribution in [2.75, 3.05) is 16.0 Å². The number of aryl methyl sites for hydroxylation is 1. The molecule has 1 aliphatic rings. The second-order valence-electron chi connectivity index (χ2n) is 7.16. The second-order valence-corrected chi connectivity index (χ2v) is 8.13. The fourth-order valence-electron chi connectivity index (χ4n) is 3.47. The largest absolute Gasteiger partial charge is 0.366 e. The van der Waals surface area contributed by atoms with E-state index >= 15 is 0 Å². The predicted molar refractivity (Wildman–Crippen MR) is 114 cm³/mol. The zero-order chi connectivity index (χ0) is 21.3. The normalized spacial score (nSPS) is 16.1. The topological polar surface area (TPSA) is 105 Å². The molecule has 1 aromatic carbocycles. The Hall–Kier alpha value is -2.87. The summed E-state index contributed by atoms with van der Waals surface area (Å²) in [4.78, 5) is 43.4. The van der Waals surface area contributed by atoms with Gasteiger partial charge in [0.2, 0.25) is 11.8 Å². The van der Waals surface area contributed by atoms with Gasteiger partial charge in [-0.2, -0.15) is 0 Å². The first-order chi connectivity index (χ1) is 13.7. The summed E-state index contributed by atoms with van der Waals surface area (Å²) in [6, 6.07) is 6.94. The SMILES string of the molecule is Cc1nc(SCC(=O)N2c3ccccc3NC(=O)C[C@@H]2C)c(C(N)=O)c(C)c1C. The minimum atomic E-state index is -0.559. The van der Waals surface area contributed by atoms with Crippen LogP contribution in [0.5, 0.6) is 0 Å². The van der Waals surface area contributed by atoms with E-state index in [1.54, 1.807) is 11.0 Å². The van der Waals surface area contributed by atoms with Gasteiger partial charge < -0.3 is 16.0 Å². The molecule has 2 aromatic rings. The number of amides is 3. The van der Waals surface area contributed by atoms with E-state index in [0.29, 0.717) is 22.0 Å². The maximum absolute atomic E-state index is 13.1. The van der Waals surface area contributed by atoms with E-state index in [4.69, 9.17) is 5.73 Å². The zero-order valence-corrected chi connectivity index (χ0v) is 17.7. The van der Waals surface area contributed by atoms with Crippen LogP contribution in [0.1, 0.15) is 40.5 Å². The Labute approximate surface area is 174 Å². The zero-order valence-electron chi connectivity index (χ0n) is 16.9. The van der Waals surface area contributed by atoms with E-state index in [1.165, 1.54) is 11.8 Å².